The fourth-order valence-corrected chi connectivity index (χ4v) is 2.92. The Balaban J connectivity index is 1.62. The summed E-state index contributed by atoms with van der Waals surface area (Å²) in [5.41, 5.74) is 1.95. The number of methoxy groups -OCH3 is 1. The average Bonchev–Trinajstić information content (AvgIpc) is 3.27. The van der Waals surface area contributed by atoms with Gasteiger partial charge in [-0.3, -0.25) is 14.7 Å². The smallest absolute Gasteiger partial charge is 0.268 e. The van der Waals surface area contributed by atoms with E-state index in [2.05, 4.69) is 20.2 Å². The molecule has 0 atom stereocenters. The van der Waals surface area contributed by atoms with Gasteiger partial charge < -0.3 is 4.74 Å². The number of hydrogen-bond acceptors (Lipinski definition) is 7. The van der Waals surface area contributed by atoms with Crippen LogP contribution in [-0.4, -0.2) is 38.8 Å². The van der Waals surface area contributed by atoms with Gasteiger partial charge in [0, 0.05) is 11.8 Å². The molecule has 0 saturated heterocycles. The monoisotopic (exact) mass is 342 g/mol. The largest absolute Gasteiger partial charge is 0.497 e. The summed E-state index contributed by atoms with van der Waals surface area (Å²) < 4.78 is 5.12. The fourth-order valence-electron chi connectivity index (χ4n) is 2.12. The summed E-state index contributed by atoms with van der Waals surface area (Å²) >= 11 is 1.36. The molecular formula is C16H14N4O3S. The molecule has 0 aliphatic heterocycles. The number of Topliss-reactive ketones (excluding diaryl/α,β-unsaturated/α-hetero) is 2. The van der Waals surface area contributed by atoms with E-state index in [1.165, 1.54) is 17.7 Å². The Bertz CT molecular complexity index is 841. The van der Waals surface area contributed by atoms with Gasteiger partial charge in [-0.15, -0.1) is 16.4 Å². The van der Waals surface area contributed by atoms with Crippen LogP contribution in [-0.2, 0) is 17.6 Å². The summed E-state index contributed by atoms with van der Waals surface area (Å²) in [7, 11) is 1.62. The molecule has 0 aliphatic rings. The first-order valence-corrected chi connectivity index (χ1v) is 8.03. The SMILES string of the molecule is COc1ccc(Cc2csc(CC(=O)C(=O)c3nc[nH]n3)n2)cc1. The van der Waals surface area contributed by atoms with Gasteiger partial charge in [-0.1, -0.05) is 12.1 Å². The normalized spacial score (nSPS) is 10.5. The van der Waals surface area contributed by atoms with Crippen molar-refractivity contribution in [2.24, 2.45) is 0 Å². The fraction of sp³-hybridized carbons (Fsp3) is 0.188. The van der Waals surface area contributed by atoms with Crippen molar-refractivity contribution in [3.63, 3.8) is 0 Å². The van der Waals surface area contributed by atoms with E-state index in [4.69, 9.17) is 4.74 Å². The molecule has 1 N–H and O–H groups in total. The third kappa shape index (κ3) is 3.72. The van der Waals surface area contributed by atoms with Crippen LogP contribution in [0.15, 0.2) is 36.0 Å². The van der Waals surface area contributed by atoms with Crippen LogP contribution in [0.25, 0.3) is 0 Å². The number of carbonyl (C=O) groups excluding carboxylic acids is 2. The second-order valence-corrected chi connectivity index (χ2v) is 5.95. The summed E-state index contributed by atoms with van der Waals surface area (Å²) in [6.45, 7) is 0. The molecule has 0 saturated carbocycles. The van der Waals surface area contributed by atoms with Crippen molar-refractivity contribution in [3.05, 3.63) is 58.1 Å². The van der Waals surface area contributed by atoms with E-state index in [1.807, 2.05) is 29.6 Å². The molecule has 7 nitrogen and oxygen atoms in total. The standard InChI is InChI=1S/C16H14N4O3S/c1-23-12-4-2-10(3-5-12)6-11-8-24-14(19-11)7-13(21)15(22)16-17-9-18-20-16/h2-5,8-9H,6-7H2,1H3,(H,17,18,20). The van der Waals surface area contributed by atoms with Gasteiger partial charge in [0.25, 0.3) is 5.78 Å². The highest BCUT2D eigenvalue weighted by molar-refractivity contribution is 7.09. The third-order valence-electron chi connectivity index (χ3n) is 3.33. The zero-order chi connectivity index (χ0) is 16.9. The van der Waals surface area contributed by atoms with Gasteiger partial charge in [0.1, 0.15) is 17.1 Å². The van der Waals surface area contributed by atoms with Crippen LogP contribution in [0.2, 0.25) is 0 Å². The lowest BCUT2D eigenvalue weighted by atomic mass is 10.1. The summed E-state index contributed by atoms with van der Waals surface area (Å²) in [6.07, 6.45) is 1.88. The number of rotatable bonds is 7. The highest BCUT2D eigenvalue weighted by Crippen LogP contribution is 2.17. The molecule has 3 rings (SSSR count). The van der Waals surface area contributed by atoms with Crippen molar-refractivity contribution >= 4 is 22.9 Å². The van der Waals surface area contributed by atoms with Crippen molar-refractivity contribution in [1.29, 1.82) is 0 Å². The zero-order valence-electron chi connectivity index (χ0n) is 12.9. The first-order valence-electron chi connectivity index (χ1n) is 7.15. The van der Waals surface area contributed by atoms with Gasteiger partial charge in [0.2, 0.25) is 11.6 Å². The number of benzene rings is 1. The summed E-state index contributed by atoms with van der Waals surface area (Å²) in [5, 5.41) is 8.53. The number of ether oxygens (including phenoxy) is 1. The van der Waals surface area contributed by atoms with Crippen molar-refractivity contribution in [2.75, 3.05) is 7.11 Å². The van der Waals surface area contributed by atoms with Crippen LogP contribution >= 0.6 is 11.3 Å². The molecule has 0 fully saturated rings. The second kappa shape index (κ2) is 7.14. The van der Waals surface area contributed by atoms with E-state index in [-0.39, 0.29) is 12.2 Å². The zero-order valence-corrected chi connectivity index (χ0v) is 13.7. The number of aromatic amines is 1. The topological polar surface area (TPSA) is 97.8 Å². The number of hydrogen-bond donors (Lipinski definition) is 1. The number of carbonyl (C=O) groups is 2. The maximum atomic E-state index is 12.0. The molecule has 2 aromatic heterocycles. The van der Waals surface area contributed by atoms with E-state index in [0.717, 1.165) is 17.0 Å². The van der Waals surface area contributed by atoms with Crippen molar-refractivity contribution in [3.8, 4) is 5.75 Å². The van der Waals surface area contributed by atoms with E-state index < -0.39 is 11.6 Å². The van der Waals surface area contributed by atoms with Crippen LogP contribution in [0, 0.1) is 0 Å². The number of ketones is 2. The Labute approximate surface area is 141 Å². The Hall–Kier alpha value is -2.87. The molecule has 8 heteroatoms. The molecule has 2 heterocycles. The lowest BCUT2D eigenvalue weighted by Gasteiger charge is -2.01. The van der Waals surface area contributed by atoms with Gasteiger partial charge in [0.05, 0.1) is 19.2 Å². The lowest BCUT2D eigenvalue weighted by molar-refractivity contribution is -0.114. The minimum Gasteiger partial charge on any atom is -0.497 e. The van der Waals surface area contributed by atoms with Crippen molar-refractivity contribution in [2.45, 2.75) is 12.8 Å². The van der Waals surface area contributed by atoms with Gasteiger partial charge >= 0.3 is 0 Å². The van der Waals surface area contributed by atoms with Crippen LogP contribution in [0.3, 0.4) is 0 Å². The number of H-pyrrole nitrogens is 1. The Morgan fingerprint density at radius 3 is 2.71 bits per heavy atom. The van der Waals surface area contributed by atoms with E-state index in [9.17, 15) is 9.59 Å². The van der Waals surface area contributed by atoms with E-state index in [1.54, 1.807) is 7.11 Å². The van der Waals surface area contributed by atoms with Gasteiger partial charge in [-0.25, -0.2) is 9.97 Å². The second-order valence-electron chi connectivity index (χ2n) is 5.01. The van der Waals surface area contributed by atoms with Crippen LogP contribution in [0.5, 0.6) is 5.75 Å². The predicted octanol–water partition coefficient (Wildman–Crippen LogP) is 1.86. The van der Waals surface area contributed by atoms with Crippen molar-refractivity contribution in [1.82, 2.24) is 20.2 Å². The first-order chi connectivity index (χ1) is 11.7. The maximum absolute atomic E-state index is 12.0. The molecule has 0 aliphatic carbocycles. The van der Waals surface area contributed by atoms with Crippen molar-refractivity contribution < 1.29 is 14.3 Å². The molecule has 0 radical (unpaired) electrons. The predicted molar refractivity (Wildman–Crippen MR) is 87.3 cm³/mol. The highest BCUT2D eigenvalue weighted by Gasteiger charge is 2.21. The molecule has 3 aromatic rings. The summed E-state index contributed by atoms with van der Waals surface area (Å²) in [5.74, 6) is -0.591. The minimum atomic E-state index is -0.705. The Kier molecular flexibility index (Phi) is 4.76. The van der Waals surface area contributed by atoms with Crippen LogP contribution in [0.4, 0.5) is 0 Å². The molecule has 0 spiro atoms. The minimum absolute atomic E-state index is 0.0410. The molecule has 0 unspecified atom stereocenters. The number of aromatic nitrogens is 4. The molecular weight excluding hydrogens is 328 g/mol. The molecule has 24 heavy (non-hydrogen) atoms. The average molecular weight is 342 g/mol. The molecule has 1 aromatic carbocycles. The number of nitrogens with one attached hydrogen (secondary N) is 1. The Morgan fingerprint density at radius 1 is 1.25 bits per heavy atom. The van der Waals surface area contributed by atoms with Gasteiger partial charge in [-0.2, -0.15) is 0 Å². The van der Waals surface area contributed by atoms with Gasteiger partial charge in [-0.05, 0) is 17.7 Å². The summed E-state index contributed by atoms with van der Waals surface area (Å²) in [4.78, 5) is 31.9. The summed E-state index contributed by atoms with van der Waals surface area (Å²) in [6, 6.07) is 7.72. The van der Waals surface area contributed by atoms with Crippen LogP contribution in [0.1, 0.15) is 26.9 Å². The molecule has 0 amide bonds. The molecule has 0 bridgehead atoms. The van der Waals surface area contributed by atoms with Crippen LogP contribution < -0.4 is 4.74 Å². The van der Waals surface area contributed by atoms with Gasteiger partial charge in [0.15, 0.2) is 0 Å². The van der Waals surface area contributed by atoms with E-state index >= 15 is 0 Å². The quantitative estimate of drug-likeness (QED) is 0.520. The maximum Gasteiger partial charge on any atom is 0.268 e. The number of nitrogens with zero attached hydrogens (tertiary/aromatic N) is 3. The van der Waals surface area contributed by atoms with E-state index in [0.29, 0.717) is 11.4 Å². The Morgan fingerprint density at radius 2 is 2.04 bits per heavy atom. The first kappa shape index (κ1) is 16.0. The lowest BCUT2D eigenvalue weighted by Crippen LogP contribution is -2.18. The third-order valence-corrected chi connectivity index (χ3v) is 4.22. The highest BCUT2D eigenvalue weighted by atomic mass is 32.1. The number of thiazole rings is 1. The molecule has 122 valence electrons.